The van der Waals surface area contributed by atoms with Gasteiger partial charge in [-0.25, -0.2) is 4.68 Å². The maximum atomic E-state index is 13.6. The molecule has 1 aromatic heterocycles. The van der Waals surface area contributed by atoms with Gasteiger partial charge in [0, 0.05) is 6.54 Å². The number of aromatic hydroxyl groups is 1. The fourth-order valence-corrected chi connectivity index (χ4v) is 2.68. The molecule has 0 saturated carbocycles. The Morgan fingerprint density at radius 3 is 2.52 bits per heavy atom. The number of phenols is 1. The highest BCUT2D eigenvalue weighted by Gasteiger charge is 2.40. The van der Waals surface area contributed by atoms with Gasteiger partial charge in [0.25, 0.3) is 5.91 Å². The van der Waals surface area contributed by atoms with Gasteiger partial charge < -0.3 is 10.4 Å². The van der Waals surface area contributed by atoms with Crippen molar-refractivity contribution in [2.45, 2.75) is 12.6 Å². The van der Waals surface area contributed by atoms with Gasteiger partial charge in [-0.1, -0.05) is 30.3 Å². The predicted octanol–water partition coefficient (Wildman–Crippen LogP) is 3.57. The van der Waals surface area contributed by atoms with Crippen LogP contribution in [0.25, 0.3) is 5.69 Å². The molecule has 0 aliphatic carbocycles. The molecule has 3 rings (SSSR count). The number of aromatic nitrogens is 2. The van der Waals surface area contributed by atoms with Crippen molar-refractivity contribution in [1.29, 1.82) is 0 Å². The van der Waals surface area contributed by atoms with E-state index in [1.165, 1.54) is 24.3 Å². The fraction of sp³-hybridized carbons (Fsp3) is 0.158. The first-order valence-corrected chi connectivity index (χ1v) is 8.13. The molecule has 0 saturated heterocycles. The molecule has 1 amide bonds. The van der Waals surface area contributed by atoms with Crippen LogP contribution >= 0.6 is 0 Å². The minimum atomic E-state index is -4.75. The number of carbonyl (C=O) groups excluding carboxylic acids is 1. The van der Waals surface area contributed by atoms with Crippen molar-refractivity contribution < 1.29 is 23.1 Å². The van der Waals surface area contributed by atoms with Crippen molar-refractivity contribution in [2.24, 2.45) is 0 Å². The van der Waals surface area contributed by atoms with Crippen molar-refractivity contribution in [1.82, 2.24) is 15.1 Å². The maximum absolute atomic E-state index is 13.6. The molecule has 0 atom stereocenters. The summed E-state index contributed by atoms with van der Waals surface area (Å²) >= 11 is 0. The molecule has 0 spiro atoms. The third-order valence-electron chi connectivity index (χ3n) is 3.89. The summed E-state index contributed by atoms with van der Waals surface area (Å²) in [7, 11) is 0. The lowest BCUT2D eigenvalue weighted by Gasteiger charge is -2.13. The van der Waals surface area contributed by atoms with Gasteiger partial charge in [-0.05, 0) is 36.2 Å². The molecule has 0 bridgehead atoms. The maximum Gasteiger partial charge on any atom is 0.434 e. The van der Waals surface area contributed by atoms with Crippen LogP contribution in [-0.4, -0.2) is 27.3 Å². The number of amides is 1. The summed E-state index contributed by atoms with van der Waals surface area (Å²) in [4.78, 5) is 12.3. The van der Waals surface area contributed by atoms with Gasteiger partial charge in [0.2, 0.25) is 0 Å². The number of nitrogens with one attached hydrogen (secondary N) is 1. The number of hydrogen-bond donors (Lipinski definition) is 2. The number of benzene rings is 2. The number of carbonyl (C=O) groups is 1. The van der Waals surface area contributed by atoms with Gasteiger partial charge in [-0.15, -0.1) is 0 Å². The van der Waals surface area contributed by atoms with Gasteiger partial charge in [-0.2, -0.15) is 18.3 Å². The van der Waals surface area contributed by atoms with Crippen LogP contribution in [0.1, 0.15) is 21.6 Å². The Hall–Kier alpha value is -3.29. The average molecular weight is 375 g/mol. The number of nitrogens with zero attached hydrogens (tertiary/aromatic N) is 2. The smallest absolute Gasteiger partial charge is 0.434 e. The van der Waals surface area contributed by atoms with Crippen LogP contribution in [0.3, 0.4) is 0 Å². The number of halogens is 3. The lowest BCUT2D eigenvalue weighted by atomic mass is 10.1. The predicted molar refractivity (Wildman–Crippen MR) is 92.7 cm³/mol. The SMILES string of the molecule is O=C(NCCc1cccc(O)c1)c1cnn(-c2ccccc2)c1C(F)(F)F. The van der Waals surface area contributed by atoms with E-state index >= 15 is 0 Å². The number of phenolic OH excluding ortho intramolecular Hbond substituents is 1. The van der Waals surface area contributed by atoms with Crippen LogP contribution in [0, 0.1) is 0 Å². The van der Waals surface area contributed by atoms with Gasteiger partial charge >= 0.3 is 6.18 Å². The summed E-state index contributed by atoms with van der Waals surface area (Å²) in [5.41, 5.74) is -0.694. The third kappa shape index (κ3) is 4.28. The average Bonchev–Trinajstić information content (AvgIpc) is 3.08. The zero-order chi connectivity index (χ0) is 19.4. The van der Waals surface area contributed by atoms with E-state index in [1.54, 1.807) is 30.3 Å². The normalized spacial score (nSPS) is 11.4. The Bertz CT molecular complexity index is 937. The van der Waals surface area contributed by atoms with Crippen molar-refractivity contribution in [3.63, 3.8) is 0 Å². The highest BCUT2D eigenvalue weighted by molar-refractivity contribution is 5.95. The largest absolute Gasteiger partial charge is 0.508 e. The Labute approximate surface area is 153 Å². The van der Waals surface area contributed by atoms with E-state index in [9.17, 15) is 23.1 Å². The quantitative estimate of drug-likeness (QED) is 0.717. The zero-order valence-electron chi connectivity index (χ0n) is 14.1. The van der Waals surface area contributed by atoms with E-state index in [4.69, 9.17) is 0 Å². The van der Waals surface area contributed by atoms with E-state index in [-0.39, 0.29) is 18.0 Å². The standard InChI is InChI=1S/C19H16F3N3O2/c20-19(21,22)17-16(12-24-25(17)14-6-2-1-3-7-14)18(27)23-10-9-13-5-4-8-15(26)11-13/h1-8,11-12,26H,9-10H2,(H,23,27). The molecule has 140 valence electrons. The van der Waals surface area contributed by atoms with Crippen LogP contribution in [0.2, 0.25) is 0 Å². The summed E-state index contributed by atoms with van der Waals surface area (Å²) in [5.74, 6) is -0.771. The molecule has 0 unspecified atom stereocenters. The Morgan fingerprint density at radius 2 is 1.85 bits per heavy atom. The minimum absolute atomic E-state index is 0.0855. The molecule has 27 heavy (non-hydrogen) atoms. The minimum Gasteiger partial charge on any atom is -0.508 e. The molecule has 5 nitrogen and oxygen atoms in total. The van der Waals surface area contributed by atoms with Crippen LogP contribution in [0.4, 0.5) is 13.2 Å². The lowest BCUT2D eigenvalue weighted by molar-refractivity contribution is -0.143. The number of para-hydroxylation sites is 1. The topological polar surface area (TPSA) is 67.2 Å². The van der Waals surface area contributed by atoms with Crippen LogP contribution < -0.4 is 5.32 Å². The van der Waals surface area contributed by atoms with Crippen LogP contribution in [-0.2, 0) is 12.6 Å². The van der Waals surface area contributed by atoms with Crippen molar-refractivity contribution in [3.8, 4) is 11.4 Å². The lowest BCUT2D eigenvalue weighted by Crippen LogP contribution is -2.28. The van der Waals surface area contributed by atoms with Crippen molar-refractivity contribution in [3.05, 3.63) is 77.6 Å². The van der Waals surface area contributed by atoms with E-state index in [0.717, 1.165) is 11.8 Å². The summed E-state index contributed by atoms with van der Waals surface area (Å²) in [6.45, 7) is 0.121. The first kappa shape index (κ1) is 18.5. The van der Waals surface area contributed by atoms with Crippen LogP contribution in [0.15, 0.2) is 60.8 Å². The van der Waals surface area contributed by atoms with Crippen molar-refractivity contribution >= 4 is 5.91 Å². The molecule has 0 aliphatic heterocycles. The van der Waals surface area contributed by atoms with Gasteiger partial charge in [0.15, 0.2) is 5.69 Å². The third-order valence-corrected chi connectivity index (χ3v) is 3.89. The highest BCUT2D eigenvalue weighted by atomic mass is 19.4. The second kappa shape index (κ2) is 7.53. The molecular weight excluding hydrogens is 359 g/mol. The summed E-state index contributed by atoms with van der Waals surface area (Å²) in [6.07, 6.45) is -3.46. The molecule has 0 aliphatic rings. The Morgan fingerprint density at radius 1 is 1.11 bits per heavy atom. The Kier molecular flexibility index (Phi) is 5.16. The fourth-order valence-electron chi connectivity index (χ4n) is 2.68. The van der Waals surface area contributed by atoms with E-state index in [1.807, 2.05) is 0 Å². The highest BCUT2D eigenvalue weighted by Crippen LogP contribution is 2.33. The summed E-state index contributed by atoms with van der Waals surface area (Å²) < 4.78 is 41.4. The van der Waals surface area contributed by atoms with E-state index < -0.39 is 23.3 Å². The molecule has 2 N–H and O–H groups in total. The molecule has 2 aromatic carbocycles. The molecular formula is C19H16F3N3O2. The second-order valence-corrected chi connectivity index (χ2v) is 5.83. The number of hydrogen-bond acceptors (Lipinski definition) is 3. The van der Waals surface area contributed by atoms with Gasteiger partial charge in [0.1, 0.15) is 5.75 Å². The molecule has 8 heteroatoms. The van der Waals surface area contributed by atoms with Crippen molar-refractivity contribution in [2.75, 3.05) is 6.54 Å². The molecule has 0 fully saturated rings. The Balaban J connectivity index is 1.79. The monoisotopic (exact) mass is 375 g/mol. The second-order valence-electron chi connectivity index (χ2n) is 5.83. The first-order chi connectivity index (χ1) is 12.9. The summed E-state index contributed by atoms with van der Waals surface area (Å²) in [5, 5.41) is 15.6. The molecule has 3 aromatic rings. The van der Waals surface area contributed by atoms with Gasteiger partial charge in [-0.3, -0.25) is 4.79 Å². The zero-order valence-corrected chi connectivity index (χ0v) is 14.1. The summed E-state index contributed by atoms with van der Waals surface area (Å²) in [6, 6.07) is 14.3. The number of alkyl halides is 3. The van der Waals surface area contributed by atoms with Gasteiger partial charge in [0.05, 0.1) is 17.4 Å². The first-order valence-electron chi connectivity index (χ1n) is 8.13. The number of rotatable bonds is 5. The molecule has 0 radical (unpaired) electrons. The van der Waals surface area contributed by atoms with Crippen LogP contribution in [0.5, 0.6) is 5.75 Å². The van der Waals surface area contributed by atoms with E-state index in [2.05, 4.69) is 10.4 Å². The van der Waals surface area contributed by atoms with E-state index in [0.29, 0.717) is 11.1 Å². The molecule has 1 heterocycles.